The van der Waals surface area contributed by atoms with E-state index < -0.39 is 0 Å². The largest absolute Gasteiger partial charge is 0.493 e. The summed E-state index contributed by atoms with van der Waals surface area (Å²) in [7, 11) is 3.27. The molecule has 2 aromatic heterocycles. The molecule has 5 nitrogen and oxygen atoms in total. The van der Waals surface area contributed by atoms with E-state index in [-0.39, 0.29) is 0 Å². The summed E-state index contributed by atoms with van der Waals surface area (Å²) in [6.07, 6.45) is 3.79. The maximum Gasteiger partial charge on any atom is 0.184 e. The lowest BCUT2D eigenvalue weighted by molar-refractivity contribution is 0.348. The molecule has 0 aliphatic carbocycles. The van der Waals surface area contributed by atoms with Gasteiger partial charge < -0.3 is 19.4 Å². The molecule has 0 atom stereocenters. The molecule has 0 bridgehead atoms. The molecule has 0 amide bonds. The van der Waals surface area contributed by atoms with Crippen molar-refractivity contribution in [1.82, 2.24) is 14.9 Å². The third-order valence-electron chi connectivity index (χ3n) is 3.17. The molecule has 2 aromatic rings. The van der Waals surface area contributed by atoms with Crippen LogP contribution in [0.3, 0.4) is 0 Å². The molecule has 0 radical (unpaired) electrons. The molecule has 0 saturated carbocycles. The van der Waals surface area contributed by atoms with E-state index in [0.717, 1.165) is 18.8 Å². The highest BCUT2D eigenvalue weighted by Gasteiger charge is 2.12. The minimum atomic E-state index is 0.661. The van der Waals surface area contributed by atoms with Crippen molar-refractivity contribution in [2.75, 3.05) is 20.8 Å². The fraction of sp³-hybridized carbons (Fsp3) is 0.400. The first-order valence-electron chi connectivity index (χ1n) is 6.70. The van der Waals surface area contributed by atoms with Crippen LogP contribution in [-0.4, -0.2) is 30.3 Å². The van der Waals surface area contributed by atoms with Crippen LogP contribution in [0, 0.1) is 0 Å². The van der Waals surface area contributed by atoms with Crippen molar-refractivity contribution in [3.8, 4) is 11.5 Å². The van der Waals surface area contributed by atoms with Gasteiger partial charge in [-0.1, -0.05) is 6.92 Å². The number of aromatic nitrogens is 2. The van der Waals surface area contributed by atoms with Crippen molar-refractivity contribution in [3.63, 3.8) is 0 Å². The predicted octanol–water partition coefficient (Wildman–Crippen LogP) is 2.06. The molecule has 0 aliphatic rings. The summed E-state index contributed by atoms with van der Waals surface area (Å²) in [5.41, 5.74) is 2.08. The van der Waals surface area contributed by atoms with Gasteiger partial charge in [0.25, 0.3) is 0 Å². The van der Waals surface area contributed by atoms with E-state index in [1.54, 1.807) is 26.5 Å². The third-order valence-corrected chi connectivity index (χ3v) is 3.17. The molecule has 0 spiro atoms. The molecule has 0 aromatic carbocycles. The summed E-state index contributed by atoms with van der Waals surface area (Å²) in [4.78, 5) is 4.41. The Morgan fingerprint density at radius 3 is 2.80 bits per heavy atom. The number of ether oxygens (including phenoxy) is 2. The molecule has 0 saturated heterocycles. The molecule has 1 N–H and O–H groups in total. The Bertz CT molecular complexity index is 552. The lowest BCUT2D eigenvalue weighted by Crippen LogP contribution is -2.16. The zero-order valence-corrected chi connectivity index (χ0v) is 12.2. The second-order valence-corrected chi connectivity index (χ2v) is 4.40. The second kappa shape index (κ2) is 6.96. The van der Waals surface area contributed by atoms with Gasteiger partial charge >= 0.3 is 0 Å². The molecule has 20 heavy (non-hydrogen) atoms. The average Bonchev–Trinajstić information content (AvgIpc) is 2.92. The highest BCUT2D eigenvalue weighted by atomic mass is 16.5. The number of hydrogen-bond acceptors (Lipinski definition) is 4. The van der Waals surface area contributed by atoms with Gasteiger partial charge in [-0.3, -0.25) is 4.98 Å². The molecular weight excluding hydrogens is 254 g/mol. The van der Waals surface area contributed by atoms with Crippen molar-refractivity contribution in [2.24, 2.45) is 0 Å². The Labute approximate surface area is 119 Å². The van der Waals surface area contributed by atoms with E-state index >= 15 is 0 Å². The summed E-state index contributed by atoms with van der Waals surface area (Å²) < 4.78 is 12.9. The van der Waals surface area contributed by atoms with Crippen molar-refractivity contribution in [1.29, 1.82) is 0 Å². The van der Waals surface area contributed by atoms with Crippen LogP contribution in [0.1, 0.15) is 18.3 Å². The fourth-order valence-corrected chi connectivity index (χ4v) is 2.14. The minimum absolute atomic E-state index is 0.661. The first-order chi connectivity index (χ1) is 9.80. The fourth-order valence-electron chi connectivity index (χ4n) is 2.14. The zero-order valence-electron chi connectivity index (χ0n) is 12.2. The summed E-state index contributed by atoms with van der Waals surface area (Å²) in [5.74, 6) is 1.40. The van der Waals surface area contributed by atoms with Gasteiger partial charge in [-0.2, -0.15) is 0 Å². The van der Waals surface area contributed by atoms with E-state index in [0.29, 0.717) is 18.0 Å². The summed E-state index contributed by atoms with van der Waals surface area (Å²) in [5, 5.41) is 3.33. The van der Waals surface area contributed by atoms with Crippen molar-refractivity contribution in [2.45, 2.75) is 20.0 Å². The smallest absolute Gasteiger partial charge is 0.184 e. The summed E-state index contributed by atoms with van der Waals surface area (Å²) >= 11 is 0. The van der Waals surface area contributed by atoms with Crippen LogP contribution in [-0.2, 0) is 13.1 Å². The molecule has 0 aliphatic heterocycles. The average molecular weight is 275 g/mol. The molecule has 2 rings (SSSR count). The number of nitrogens with zero attached hydrogens (tertiary/aromatic N) is 2. The quantitative estimate of drug-likeness (QED) is 0.840. The zero-order chi connectivity index (χ0) is 14.4. The monoisotopic (exact) mass is 275 g/mol. The Balaban J connectivity index is 2.24. The normalized spacial score (nSPS) is 10.6. The molecule has 5 heteroatoms. The topological polar surface area (TPSA) is 48.3 Å². The Morgan fingerprint density at radius 2 is 2.10 bits per heavy atom. The molecular formula is C15H21N3O2. The van der Waals surface area contributed by atoms with Gasteiger partial charge in [0, 0.05) is 30.7 Å². The van der Waals surface area contributed by atoms with Gasteiger partial charge in [-0.05, 0) is 18.7 Å². The van der Waals surface area contributed by atoms with Crippen molar-refractivity contribution >= 4 is 0 Å². The van der Waals surface area contributed by atoms with Gasteiger partial charge in [-0.15, -0.1) is 0 Å². The number of rotatable bonds is 7. The van der Waals surface area contributed by atoms with Crippen LogP contribution in [0.25, 0.3) is 0 Å². The van der Waals surface area contributed by atoms with Gasteiger partial charge in [0.2, 0.25) is 0 Å². The standard InChI is InChI=1S/C15H21N3O2/c1-4-16-10-12-6-5-9-18(12)11-13-15(20-3)14(19-2)7-8-17-13/h5-9,16H,4,10-11H2,1-3H3. The second-order valence-electron chi connectivity index (χ2n) is 4.40. The van der Waals surface area contributed by atoms with Crippen LogP contribution in [0.15, 0.2) is 30.6 Å². The SMILES string of the molecule is CCNCc1cccn1Cc1nccc(OC)c1OC. The minimum Gasteiger partial charge on any atom is -0.493 e. The number of nitrogens with one attached hydrogen (secondary N) is 1. The van der Waals surface area contributed by atoms with E-state index in [4.69, 9.17) is 9.47 Å². The van der Waals surface area contributed by atoms with Gasteiger partial charge in [0.05, 0.1) is 20.8 Å². The van der Waals surface area contributed by atoms with Crippen molar-refractivity contribution in [3.05, 3.63) is 42.0 Å². The van der Waals surface area contributed by atoms with E-state index in [9.17, 15) is 0 Å². The first kappa shape index (κ1) is 14.4. The number of methoxy groups -OCH3 is 2. The Hall–Kier alpha value is -2.01. The number of hydrogen-bond donors (Lipinski definition) is 1. The predicted molar refractivity (Wildman–Crippen MR) is 78.3 cm³/mol. The van der Waals surface area contributed by atoms with Crippen LogP contribution in [0.4, 0.5) is 0 Å². The Morgan fingerprint density at radius 1 is 1.25 bits per heavy atom. The van der Waals surface area contributed by atoms with Gasteiger partial charge in [0.15, 0.2) is 11.5 Å². The third kappa shape index (κ3) is 3.11. The maximum atomic E-state index is 5.42. The Kier molecular flexibility index (Phi) is 5.01. The lowest BCUT2D eigenvalue weighted by atomic mass is 10.3. The lowest BCUT2D eigenvalue weighted by Gasteiger charge is -2.14. The summed E-state index contributed by atoms with van der Waals surface area (Å²) in [6, 6.07) is 5.95. The van der Waals surface area contributed by atoms with Crippen molar-refractivity contribution < 1.29 is 9.47 Å². The van der Waals surface area contributed by atoms with E-state index in [2.05, 4.69) is 27.9 Å². The van der Waals surface area contributed by atoms with E-state index in [1.807, 2.05) is 12.3 Å². The summed E-state index contributed by atoms with van der Waals surface area (Å²) in [6.45, 7) is 4.55. The number of pyridine rings is 1. The molecule has 108 valence electrons. The molecule has 0 unspecified atom stereocenters. The highest BCUT2D eigenvalue weighted by Crippen LogP contribution is 2.29. The molecule has 2 heterocycles. The van der Waals surface area contributed by atoms with E-state index in [1.165, 1.54) is 5.69 Å². The van der Waals surface area contributed by atoms with Crippen LogP contribution >= 0.6 is 0 Å². The van der Waals surface area contributed by atoms with Gasteiger partial charge in [0.1, 0.15) is 5.69 Å². The van der Waals surface area contributed by atoms with Crippen LogP contribution < -0.4 is 14.8 Å². The van der Waals surface area contributed by atoms with Crippen LogP contribution in [0.5, 0.6) is 11.5 Å². The molecule has 0 fully saturated rings. The van der Waals surface area contributed by atoms with Crippen LogP contribution in [0.2, 0.25) is 0 Å². The van der Waals surface area contributed by atoms with Gasteiger partial charge in [-0.25, -0.2) is 0 Å². The maximum absolute atomic E-state index is 5.42. The highest BCUT2D eigenvalue weighted by molar-refractivity contribution is 5.42. The first-order valence-corrected chi connectivity index (χ1v) is 6.70.